The lowest BCUT2D eigenvalue weighted by atomic mass is 10.2. The summed E-state index contributed by atoms with van der Waals surface area (Å²) in [5.41, 5.74) is 2.41. The molecule has 0 aliphatic carbocycles. The van der Waals surface area contributed by atoms with E-state index in [0.29, 0.717) is 17.9 Å². The molecule has 0 N–H and O–H groups in total. The number of cyclic esters (lactones) is 1. The van der Waals surface area contributed by atoms with Crippen molar-refractivity contribution in [2.75, 3.05) is 0 Å². The summed E-state index contributed by atoms with van der Waals surface area (Å²) in [7, 11) is 0. The average molecular weight is 452 g/mol. The largest absolute Gasteiger partial charge is 0.489 e. The highest BCUT2D eigenvalue weighted by Crippen LogP contribution is 2.21. The summed E-state index contributed by atoms with van der Waals surface area (Å²) < 4.78 is 25.3. The fourth-order valence-corrected chi connectivity index (χ4v) is 2.98. The molecule has 0 saturated carbocycles. The third kappa shape index (κ3) is 4.78. The second-order valence-electron chi connectivity index (χ2n) is 6.33. The average Bonchev–Trinajstić information content (AvgIpc) is 3.09. The Morgan fingerprint density at radius 3 is 2.52 bits per heavy atom. The fraction of sp³-hybridized carbons (Fsp3) is 0.0435. The zero-order valence-corrected chi connectivity index (χ0v) is 16.7. The van der Waals surface area contributed by atoms with Crippen LogP contribution in [0, 0.1) is 5.82 Å². The number of hydrogen-bond acceptors (Lipinski definition) is 4. The molecule has 3 aromatic rings. The first kappa shape index (κ1) is 19.1. The predicted molar refractivity (Wildman–Crippen MR) is 112 cm³/mol. The Kier molecular flexibility index (Phi) is 5.53. The number of esters is 1. The molecule has 0 radical (unpaired) electrons. The van der Waals surface area contributed by atoms with E-state index >= 15 is 0 Å². The number of carbonyl (C=O) groups excluding carboxylic acids is 1. The molecule has 4 rings (SSSR count). The molecular weight excluding hydrogens is 437 g/mol. The quantitative estimate of drug-likeness (QED) is 0.379. The molecule has 0 aromatic heterocycles. The fourth-order valence-electron chi connectivity index (χ4n) is 2.72. The van der Waals surface area contributed by atoms with Crippen LogP contribution in [0.1, 0.15) is 16.7 Å². The maximum absolute atomic E-state index is 13.4. The lowest BCUT2D eigenvalue weighted by molar-refractivity contribution is -0.129. The molecule has 4 nitrogen and oxygen atoms in total. The van der Waals surface area contributed by atoms with Crippen molar-refractivity contribution >= 4 is 33.9 Å². The number of benzene rings is 3. The molecular formula is C23H15BrFNO3. The Bertz CT molecular complexity index is 1110. The Morgan fingerprint density at radius 1 is 1.03 bits per heavy atom. The number of ether oxygens (including phenoxy) is 2. The summed E-state index contributed by atoms with van der Waals surface area (Å²) in [6.07, 6.45) is 1.62. The van der Waals surface area contributed by atoms with Gasteiger partial charge in [0.1, 0.15) is 18.2 Å². The van der Waals surface area contributed by atoms with Crippen LogP contribution in [0.15, 0.2) is 88.0 Å². The zero-order valence-electron chi connectivity index (χ0n) is 15.1. The summed E-state index contributed by atoms with van der Waals surface area (Å²) in [5, 5.41) is 0. The van der Waals surface area contributed by atoms with Crippen LogP contribution >= 0.6 is 15.9 Å². The van der Waals surface area contributed by atoms with E-state index in [9.17, 15) is 9.18 Å². The van der Waals surface area contributed by atoms with Gasteiger partial charge in [0, 0.05) is 10.0 Å². The van der Waals surface area contributed by atoms with Crippen molar-refractivity contribution in [1.29, 1.82) is 0 Å². The van der Waals surface area contributed by atoms with E-state index in [1.807, 2.05) is 48.5 Å². The molecule has 1 heterocycles. The summed E-state index contributed by atoms with van der Waals surface area (Å²) in [6.45, 7) is 0.460. The maximum atomic E-state index is 13.4. The molecule has 0 amide bonds. The van der Waals surface area contributed by atoms with Gasteiger partial charge in [0.2, 0.25) is 5.90 Å². The van der Waals surface area contributed by atoms with Crippen molar-refractivity contribution in [3.05, 3.63) is 105 Å². The summed E-state index contributed by atoms with van der Waals surface area (Å²) >= 11 is 3.40. The number of aliphatic imine (C=N–C) groups is 1. The van der Waals surface area contributed by atoms with Crippen LogP contribution in [0.25, 0.3) is 6.08 Å². The van der Waals surface area contributed by atoms with Gasteiger partial charge in [0.15, 0.2) is 5.70 Å². The van der Waals surface area contributed by atoms with Gasteiger partial charge in [-0.05, 0) is 59.7 Å². The van der Waals surface area contributed by atoms with Crippen LogP contribution in [0.5, 0.6) is 5.75 Å². The van der Waals surface area contributed by atoms with Gasteiger partial charge >= 0.3 is 5.97 Å². The molecule has 0 atom stereocenters. The summed E-state index contributed by atoms with van der Waals surface area (Å²) in [6, 6.07) is 21.0. The highest BCUT2D eigenvalue weighted by molar-refractivity contribution is 9.10. The Hall–Kier alpha value is -3.25. The maximum Gasteiger partial charge on any atom is 0.363 e. The first-order chi connectivity index (χ1) is 14.1. The molecule has 1 aliphatic rings. The van der Waals surface area contributed by atoms with E-state index in [0.717, 1.165) is 15.6 Å². The van der Waals surface area contributed by atoms with Crippen molar-refractivity contribution in [1.82, 2.24) is 0 Å². The number of hydrogen-bond donors (Lipinski definition) is 0. The van der Waals surface area contributed by atoms with E-state index in [1.54, 1.807) is 12.1 Å². The molecule has 0 spiro atoms. The van der Waals surface area contributed by atoms with E-state index in [2.05, 4.69) is 20.9 Å². The molecule has 144 valence electrons. The van der Waals surface area contributed by atoms with Crippen molar-refractivity contribution in [2.24, 2.45) is 4.99 Å². The molecule has 0 saturated heterocycles. The van der Waals surface area contributed by atoms with Crippen molar-refractivity contribution < 1.29 is 18.7 Å². The van der Waals surface area contributed by atoms with Gasteiger partial charge in [0.25, 0.3) is 0 Å². The van der Waals surface area contributed by atoms with Crippen LogP contribution in [-0.2, 0) is 16.1 Å². The normalized spacial score (nSPS) is 14.6. The lowest BCUT2D eigenvalue weighted by Gasteiger charge is -2.06. The van der Waals surface area contributed by atoms with E-state index in [1.165, 1.54) is 18.2 Å². The second kappa shape index (κ2) is 8.41. The molecule has 0 fully saturated rings. The Morgan fingerprint density at radius 2 is 1.79 bits per heavy atom. The van der Waals surface area contributed by atoms with Gasteiger partial charge in [-0.1, -0.05) is 46.3 Å². The zero-order chi connectivity index (χ0) is 20.2. The van der Waals surface area contributed by atoms with Crippen LogP contribution in [0.4, 0.5) is 4.39 Å². The standard InChI is InChI=1S/C23H15BrFNO3/c24-18-8-4-16(5-9-18)14-28-20-10-6-15(7-11-20)12-21-23(27)29-22(26-21)17-2-1-3-19(25)13-17/h1-13H,14H2/b21-12-. The predicted octanol–water partition coefficient (Wildman–Crippen LogP) is 5.51. The van der Waals surface area contributed by atoms with Crippen molar-refractivity contribution in [3.8, 4) is 5.75 Å². The Labute approximate surface area is 175 Å². The van der Waals surface area contributed by atoms with E-state index in [4.69, 9.17) is 9.47 Å². The van der Waals surface area contributed by atoms with Gasteiger partial charge in [-0.3, -0.25) is 0 Å². The second-order valence-corrected chi connectivity index (χ2v) is 7.25. The number of nitrogens with zero attached hydrogens (tertiary/aromatic N) is 1. The van der Waals surface area contributed by atoms with Crippen LogP contribution in [0.2, 0.25) is 0 Å². The minimum absolute atomic E-state index is 0.0928. The smallest absolute Gasteiger partial charge is 0.363 e. The van der Waals surface area contributed by atoms with E-state index < -0.39 is 11.8 Å². The monoisotopic (exact) mass is 451 g/mol. The topological polar surface area (TPSA) is 47.9 Å². The number of carbonyl (C=O) groups is 1. The van der Waals surface area contributed by atoms with Gasteiger partial charge in [0.05, 0.1) is 0 Å². The van der Waals surface area contributed by atoms with Crippen LogP contribution < -0.4 is 4.74 Å². The molecule has 29 heavy (non-hydrogen) atoms. The molecule has 6 heteroatoms. The first-order valence-corrected chi connectivity index (χ1v) is 9.62. The third-order valence-electron chi connectivity index (χ3n) is 4.19. The Balaban J connectivity index is 1.45. The third-order valence-corrected chi connectivity index (χ3v) is 4.72. The van der Waals surface area contributed by atoms with Crippen LogP contribution in [0.3, 0.4) is 0 Å². The summed E-state index contributed by atoms with van der Waals surface area (Å²) in [4.78, 5) is 16.3. The molecule has 0 unspecified atom stereocenters. The minimum atomic E-state index is -0.570. The lowest BCUT2D eigenvalue weighted by Crippen LogP contribution is -2.05. The van der Waals surface area contributed by atoms with Crippen molar-refractivity contribution in [2.45, 2.75) is 6.61 Å². The molecule has 1 aliphatic heterocycles. The highest BCUT2D eigenvalue weighted by atomic mass is 79.9. The van der Waals surface area contributed by atoms with Gasteiger partial charge in [-0.2, -0.15) is 0 Å². The minimum Gasteiger partial charge on any atom is -0.489 e. The van der Waals surface area contributed by atoms with Gasteiger partial charge in [-0.25, -0.2) is 14.2 Å². The van der Waals surface area contributed by atoms with Gasteiger partial charge < -0.3 is 9.47 Å². The van der Waals surface area contributed by atoms with Crippen LogP contribution in [-0.4, -0.2) is 11.9 Å². The van der Waals surface area contributed by atoms with Gasteiger partial charge in [-0.15, -0.1) is 0 Å². The van der Waals surface area contributed by atoms with E-state index in [-0.39, 0.29) is 11.6 Å². The SMILES string of the molecule is O=C1OC(c2cccc(F)c2)=N/C1=C\c1ccc(OCc2ccc(Br)cc2)cc1. The summed E-state index contributed by atoms with van der Waals surface area (Å²) in [5.74, 6) is -0.180. The molecule has 3 aromatic carbocycles. The van der Waals surface area contributed by atoms with Crippen molar-refractivity contribution in [3.63, 3.8) is 0 Å². The number of rotatable bonds is 5. The number of halogens is 2. The molecule has 0 bridgehead atoms. The first-order valence-electron chi connectivity index (χ1n) is 8.83. The highest BCUT2D eigenvalue weighted by Gasteiger charge is 2.24.